The number of rotatable bonds is 4. The molecule has 1 unspecified atom stereocenters. The average Bonchev–Trinajstić information content (AvgIpc) is 2.34. The molecule has 2 rings (SSSR count). The maximum atomic E-state index is 9.70. The van der Waals surface area contributed by atoms with Gasteiger partial charge in [-0.05, 0) is 30.7 Å². The molecule has 0 bridgehead atoms. The largest absolute Gasteiger partial charge is 0.508 e. The summed E-state index contributed by atoms with van der Waals surface area (Å²) in [7, 11) is 0. The van der Waals surface area contributed by atoms with Crippen LogP contribution >= 0.6 is 23.4 Å². The van der Waals surface area contributed by atoms with E-state index in [0.29, 0.717) is 16.8 Å². The van der Waals surface area contributed by atoms with Gasteiger partial charge >= 0.3 is 0 Å². The van der Waals surface area contributed by atoms with Crippen molar-refractivity contribution >= 4 is 23.4 Å². The molecule has 4 heteroatoms. The van der Waals surface area contributed by atoms with Gasteiger partial charge in [-0.15, -0.1) is 0 Å². The van der Waals surface area contributed by atoms with Crippen molar-refractivity contribution in [3.63, 3.8) is 0 Å². The fourth-order valence-electron chi connectivity index (χ4n) is 2.05. The SMILES string of the molecule is Oc1cccc(Cl)c1CNCC1CCCCS1. The highest BCUT2D eigenvalue weighted by Crippen LogP contribution is 2.26. The zero-order valence-electron chi connectivity index (χ0n) is 9.79. The van der Waals surface area contributed by atoms with Crippen molar-refractivity contribution in [2.24, 2.45) is 0 Å². The quantitative estimate of drug-likeness (QED) is 0.880. The van der Waals surface area contributed by atoms with E-state index in [4.69, 9.17) is 11.6 Å². The third-order valence-corrected chi connectivity index (χ3v) is 4.79. The van der Waals surface area contributed by atoms with Crippen molar-refractivity contribution in [2.75, 3.05) is 12.3 Å². The first-order valence-corrected chi connectivity index (χ1v) is 7.48. The predicted molar refractivity (Wildman–Crippen MR) is 74.9 cm³/mol. The standard InChI is InChI=1S/C13H18ClNOS/c14-12-5-3-6-13(16)11(12)9-15-8-10-4-1-2-7-17-10/h3,5-6,10,15-16H,1-2,4,7-9H2. The van der Waals surface area contributed by atoms with Crippen LogP contribution in [0.5, 0.6) is 5.75 Å². The van der Waals surface area contributed by atoms with Gasteiger partial charge in [-0.1, -0.05) is 24.1 Å². The van der Waals surface area contributed by atoms with Gasteiger partial charge in [0, 0.05) is 28.9 Å². The second kappa shape index (κ2) is 6.53. The Bertz CT molecular complexity index is 346. The minimum atomic E-state index is 0.279. The van der Waals surface area contributed by atoms with E-state index in [1.165, 1.54) is 25.0 Å². The van der Waals surface area contributed by atoms with Gasteiger partial charge in [0.2, 0.25) is 0 Å². The fourth-order valence-corrected chi connectivity index (χ4v) is 3.56. The zero-order valence-corrected chi connectivity index (χ0v) is 11.4. The highest BCUT2D eigenvalue weighted by molar-refractivity contribution is 7.99. The van der Waals surface area contributed by atoms with Crippen LogP contribution in [0.25, 0.3) is 0 Å². The molecule has 17 heavy (non-hydrogen) atoms. The number of hydrogen-bond acceptors (Lipinski definition) is 3. The second-order valence-corrected chi connectivity index (χ2v) is 6.17. The Morgan fingerprint density at radius 1 is 1.41 bits per heavy atom. The molecule has 1 aromatic carbocycles. The average molecular weight is 272 g/mol. The number of phenols is 1. The van der Waals surface area contributed by atoms with Gasteiger partial charge in [0.1, 0.15) is 5.75 Å². The minimum Gasteiger partial charge on any atom is -0.508 e. The fraction of sp³-hybridized carbons (Fsp3) is 0.538. The lowest BCUT2D eigenvalue weighted by Crippen LogP contribution is -2.26. The van der Waals surface area contributed by atoms with Crippen molar-refractivity contribution < 1.29 is 5.11 Å². The molecule has 1 saturated heterocycles. The van der Waals surface area contributed by atoms with Gasteiger partial charge in [-0.3, -0.25) is 0 Å². The van der Waals surface area contributed by atoms with E-state index in [0.717, 1.165) is 12.1 Å². The van der Waals surface area contributed by atoms with Crippen LogP contribution in [0, 0.1) is 0 Å². The number of hydrogen-bond donors (Lipinski definition) is 2. The molecule has 1 atom stereocenters. The molecular formula is C13H18ClNOS. The van der Waals surface area contributed by atoms with Crippen LogP contribution in [-0.4, -0.2) is 22.7 Å². The maximum Gasteiger partial charge on any atom is 0.121 e. The molecule has 1 aromatic rings. The van der Waals surface area contributed by atoms with Gasteiger partial charge in [0.05, 0.1) is 0 Å². The van der Waals surface area contributed by atoms with Crippen molar-refractivity contribution in [3.8, 4) is 5.75 Å². The maximum absolute atomic E-state index is 9.70. The first kappa shape index (κ1) is 13.1. The first-order valence-electron chi connectivity index (χ1n) is 6.06. The van der Waals surface area contributed by atoms with E-state index in [1.54, 1.807) is 12.1 Å². The molecule has 0 amide bonds. The molecule has 1 fully saturated rings. The Balaban J connectivity index is 1.81. The van der Waals surface area contributed by atoms with Crippen molar-refractivity contribution in [1.82, 2.24) is 5.32 Å². The molecule has 0 spiro atoms. The normalized spacial score (nSPS) is 20.4. The lowest BCUT2D eigenvalue weighted by Gasteiger charge is -2.21. The zero-order chi connectivity index (χ0) is 12.1. The summed E-state index contributed by atoms with van der Waals surface area (Å²) in [5, 5.41) is 14.4. The van der Waals surface area contributed by atoms with Crippen LogP contribution in [0.1, 0.15) is 24.8 Å². The van der Waals surface area contributed by atoms with E-state index in [1.807, 2.05) is 17.8 Å². The Morgan fingerprint density at radius 3 is 3.00 bits per heavy atom. The Labute approximate surface area is 112 Å². The molecule has 1 aliphatic heterocycles. The van der Waals surface area contributed by atoms with Gasteiger partial charge < -0.3 is 10.4 Å². The van der Waals surface area contributed by atoms with Gasteiger partial charge in [0.15, 0.2) is 0 Å². The number of halogens is 1. The van der Waals surface area contributed by atoms with E-state index >= 15 is 0 Å². The number of phenolic OH excluding ortho intramolecular Hbond substituents is 1. The van der Waals surface area contributed by atoms with Crippen LogP contribution in [0.2, 0.25) is 5.02 Å². The summed E-state index contributed by atoms with van der Waals surface area (Å²) in [6.45, 7) is 1.64. The van der Waals surface area contributed by atoms with E-state index < -0.39 is 0 Å². The van der Waals surface area contributed by atoms with Gasteiger partial charge in [-0.25, -0.2) is 0 Å². The molecule has 0 aromatic heterocycles. The van der Waals surface area contributed by atoms with E-state index in [9.17, 15) is 5.11 Å². The number of thioether (sulfide) groups is 1. The van der Waals surface area contributed by atoms with E-state index in [2.05, 4.69) is 5.32 Å². The summed E-state index contributed by atoms with van der Waals surface area (Å²) in [5.74, 6) is 1.56. The number of benzene rings is 1. The van der Waals surface area contributed by atoms with Crippen LogP contribution in [0.15, 0.2) is 18.2 Å². The molecular weight excluding hydrogens is 254 g/mol. The number of nitrogens with one attached hydrogen (secondary N) is 1. The molecule has 1 heterocycles. The van der Waals surface area contributed by atoms with Crippen molar-refractivity contribution in [3.05, 3.63) is 28.8 Å². The van der Waals surface area contributed by atoms with Crippen molar-refractivity contribution in [2.45, 2.75) is 31.1 Å². The summed E-state index contributed by atoms with van der Waals surface area (Å²) in [6, 6.07) is 5.25. The third kappa shape index (κ3) is 3.80. The molecule has 94 valence electrons. The minimum absolute atomic E-state index is 0.279. The molecule has 1 aliphatic rings. The lowest BCUT2D eigenvalue weighted by molar-refractivity contribution is 0.464. The summed E-state index contributed by atoms with van der Waals surface area (Å²) in [5.41, 5.74) is 0.801. The smallest absolute Gasteiger partial charge is 0.121 e. The van der Waals surface area contributed by atoms with Crippen LogP contribution < -0.4 is 5.32 Å². The monoisotopic (exact) mass is 271 g/mol. The molecule has 0 saturated carbocycles. The molecule has 0 aliphatic carbocycles. The molecule has 2 N–H and O–H groups in total. The highest BCUT2D eigenvalue weighted by atomic mass is 35.5. The molecule has 0 radical (unpaired) electrons. The second-order valence-electron chi connectivity index (χ2n) is 4.36. The van der Waals surface area contributed by atoms with Crippen LogP contribution in [0.4, 0.5) is 0 Å². The van der Waals surface area contributed by atoms with E-state index in [-0.39, 0.29) is 5.75 Å². The highest BCUT2D eigenvalue weighted by Gasteiger charge is 2.13. The van der Waals surface area contributed by atoms with Crippen LogP contribution in [0.3, 0.4) is 0 Å². The summed E-state index contributed by atoms with van der Waals surface area (Å²) >= 11 is 8.09. The van der Waals surface area contributed by atoms with Crippen molar-refractivity contribution in [1.29, 1.82) is 0 Å². The van der Waals surface area contributed by atoms with Gasteiger partial charge in [0.25, 0.3) is 0 Å². The lowest BCUT2D eigenvalue weighted by atomic mass is 10.1. The van der Waals surface area contributed by atoms with Gasteiger partial charge in [-0.2, -0.15) is 11.8 Å². The predicted octanol–water partition coefficient (Wildman–Crippen LogP) is 3.42. The summed E-state index contributed by atoms with van der Waals surface area (Å²) < 4.78 is 0. The topological polar surface area (TPSA) is 32.3 Å². The number of aromatic hydroxyl groups is 1. The Kier molecular flexibility index (Phi) is 5.01. The third-order valence-electron chi connectivity index (χ3n) is 3.04. The summed E-state index contributed by atoms with van der Waals surface area (Å²) in [6.07, 6.45) is 4.00. The first-order chi connectivity index (χ1) is 8.27. The molecule has 2 nitrogen and oxygen atoms in total. The summed E-state index contributed by atoms with van der Waals surface area (Å²) in [4.78, 5) is 0. The Hall–Kier alpha value is -0.380. The van der Waals surface area contributed by atoms with Crippen LogP contribution in [-0.2, 0) is 6.54 Å². The Morgan fingerprint density at radius 2 is 2.29 bits per heavy atom.